The summed E-state index contributed by atoms with van der Waals surface area (Å²) in [5.41, 5.74) is 2.19. The zero-order valence-corrected chi connectivity index (χ0v) is 8.31. The van der Waals surface area contributed by atoms with Gasteiger partial charge in [0.05, 0.1) is 0 Å². The maximum absolute atomic E-state index is 10.3. The fourth-order valence-electron chi connectivity index (χ4n) is 1.20. The molecule has 1 aromatic rings. The summed E-state index contributed by atoms with van der Waals surface area (Å²) in [6.07, 6.45) is 9.38. The Balaban J connectivity index is 0.00000196. The zero-order chi connectivity index (χ0) is 10.2. The Morgan fingerprint density at radius 2 is 2.07 bits per heavy atom. The van der Waals surface area contributed by atoms with Gasteiger partial charge in [-0.25, -0.2) is 0 Å². The van der Waals surface area contributed by atoms with Gasteiger partial charge in [-0.3, -0.25) is 0 Å². The van der Waals surface area contributed by atoms with Gasteiger partial charge in [-0.2, -0.15) is 0 Å². The highest BCUT2D eigenvalue weighted by atomic mass is 16.1. The molecule has 0 spiro atoms. The number of rotatable bonds is 4. The molecule has 1 aromatic carbocycles. The van der Waals surface area contributed by atoms with Crippen molar-refractivity contribution in [2.24, 2.45) is 0 Å². The molecule has 0 unspecified atom stereocenters. The lowest BCUT2D eigenvalue weighted by atomic mass is 10.1. The SMILES string of the molecule is C.C/C=C\C=C/c1cccc(CC=O)c1. The number of carbonyl (C=O) groups is 1. The Kier molecular flexibility index (Phi) is 6.90. The predicted octanol–water partition coefficient (Wildman–Crippen LogP) is 3.65. The van der Waals surface area contributed by atoms with Crippen LogP contribution in [0.1, 0.15) is 25.5 Å². The van der Waals surface area contributed by atoms with Gasteiger partial charge in [0.15, 0.2) is 0 Å². The lowest BCUT2D eigenvalue weighted by molar-refractivity contribution is -0.107. The molecule has 0 aliphatic carbocycles. The van der Waals surface area contributed by atoms with E-state index in [9.17, 15) is 4.79 Å². The Morgan fingerprint density at radius 1 is 1.27 bits per heavy atom. The highest BCUT2D eigenvalue weighted by molar-refractivity contribution is 5.58. The first-order chi connectivity index (χ1) is 6.86. The van der Waals surface area contributed by atoms with Crippen molar-refractivity contribution in [1.29, 1.82) is 0 Å². The van der Waals surface area contributed by atoms with Crippen molar-refractivity contribution in [3.8, 4) is 0 Å². The minimum atomic E-state index is 0. The Morgan fingerprint density at radius 3 is 2.73 bits per heavy atom. The van der Waals surface area contributed by atoms with Gasteiger partial charge in [0.1, 0.15) is 6.29 Å². The average molecular weight is 202 g/mol. The summed E-state index contributed by atoms with van der Waals surface area (Å²) in [6.45, 7) is 1.98. The fourth-order valence-corrected chi connectivity index (χ4v) is 1.20. The van der Waals surface area contributed by atoms with E-state index in [-0.39, 0.29) is 7.43 Å². The zero-order valence-electron chi connectivity index (χ0n) is 8.31. The van der Waals surface area contributed by atoms with Crippen LogP contribution < -0.4 is 0 Å². The smallest absolute Gasteiger partial charge is 0.124 e. The van der Waals surface area contributed by atoms with E-state index in [0.29, 0.717) is 6.42 Å². The maximum Gasteiger partial charge on any atom is 0.124 e. The number of aldehydes is 1. The van der Waals surface area contributed by atoms with Crippen molar-refractivity contribution in [2.75, 3.05) is 0 Å². The second-order valence-corrected chi connectivity index (χ2v) is 3.00. The van der Waals surface area contributed by atoms with E-state index >= 15 is 0 Å². The summed E-state index contributed by atoms with van der Waals surface area (Å²) < 4.78 is 0. The second-order valence-electron chi connectivity index (χ2n) is 3.00. The molecule has 80 valence electrons. The number of carbonyl (C=O) groups excluding carboxylic acids is 1. The normalized spacial score (nSPS) is 10.5. The van der Waals surface area contributed by atoms with Crippen LogP contribution in [0.25, 0.3) is 6.08 Å². The van der Waals surface area contributed by atoms with Crippen molar-refractivity contribution in [3.05, 3.63) is 53.6 Å². The van der Waals surface area contributed by atoms with Crippen molar-refractivity contribution in [2.45, 2.75) is 20.8 Å². The maximum atomic E-state index is 10.3. The van der Waals surface area contributed by atoms with Gasteiger partial charge < -0.3 is 4.79 Å². The van der Waals surface area contributed by atoms with Crippen molar-refractivity contribution in [1.82, 2.24) is 0 Å². The predicted molar refractivity (Wildman–Crippen MR) is 66.8 cm³/mol. The molecule has 0 bridgehead atoms. The molecule has 0 heterocycles. The molecule has 0 aliphatic heterocycles. The molecule has 1 rings (SSSR count). The third kappa shape index (κ3) is 4.96. The summed E-state index contributed by atoms with van der Waals surface area (Å²) in [5, 5.41) is 0. The van der Waals surface area contributed by atoms with Crippen LogP contribution in [-0.4, -0.2) is 6.29 Å². The monoisotopic (exact) mass is 202 g/mol. The van der Waals surface area contributed by atoms with Crippen molar-refractivity contribution >= 4 is 12.4 Å². The molecule has 0 aromatic heterocycles. The first-order valence-corrected chi connectivity index (χ1v) is 4.68. The number of allylic oxidation sites excluding steroid dienone is 3. The largest absolute Gasteiger partial charge is 0.303 e. The van der Waals surface area contributed by atoms with Crippen LogP contribution in [0.15, 0.2) is 42.5 Å². The minimum absolute atomic E-state index is 0. The Labute approximate surface area is 92.1 Å². The standard InChI is InChI=1S/C13H14O.CH4/c1-2-3-4-6-12-7-5-8-13(11-12)9-10-14;/h2-8,10-11H,9H2,1H3;1H4/b3-2-,6-4-;. The molecule has 0 aliphatic rings. The third-order valence-electron chi connectivity index (χ3n) is 1.86. The van der Waals surface area contributed by atoms with E-state index in [1.54, 1.807) is 0 Å². The van der Waals surface area contributed by atoms with Gasteiger partial charge in [0.25, 0.3) is 0 Å². The summed E-state index contributed by atoms with van der Waals surface area (Å²) in [5.74, 6) is 0. The molecular weight excluding hydrogens is 184 g/mol. The first-order valence-electron chi connectivity index (χ1n) is 4.68. The van der Waals surface area contributed by atoms with E-state index in [4.69, 9.17) is 0 Å². The summed E-state index contributed by atoms with van der Waals surface area (Å²) in [4.78, 5) is 10.3. The lowest BCUT2D eigenvalue weighted by Gasteiger charge is -1.96. The number of hydrogen-bond donors (Lipinski definition) is 0. The van der Waals surface area contributed by atoms with Gasteiger partial charge >= 0.3 is 0 Å². The molecule has 15 heavy (non-hydrogen) atoms. The molecule has 0 atom stereocenters. The molecule has 0 N–H and O–H groups in total. The molecule has 1 nitrogen and oxygen atoms in total. The van der Waals surface area contributed by atoms with E-state index < -0.39 is 0 Å². The van der Waals surface area contributed by atoms with Crippen LogP contribution in [0.5, 0.6) is 0 Å². The molecule has 0 amide bonds. The van der Waals surface area contributed by atoms with Gasteiger partial charge in [0.2, 0.25) is 0 Å². The quantitative estimate of drug-likeness (QED) is 0.538. The van der Waals surface area contributed by atoms with Crippen LogP contribution in [-0.2, 0) is 11.2 Å². The van der Waals surface area contributed by atoms with E-state index in [2.05, 4.69) is 0 Å². The molecule has 1 heteroatoms. The van der Waals surface area contributed by atoms with Crippen molar-refractivity contribution < 1.29 is 4.79 Å². The average Bonchev–Trinajstić information content (AvgIpc) is 2.19. The van der Waals surface area contributed by atoms with Gasteiger partial charge in [-0.15, -0.1) is 0 Å². The first kappa shape index (κ1) is 13.4. The van der Waals surface area contributed by atoms with Crippen LogP contribution >= 0.6 is 0 Å². The second kappa shape index (κ2) is 7.74. The summed E-state index contributed by atoms with van der Waals surface area (Å²) in [6, 6.07) is 7.97. The topological polar surface area (TPSA) is 17.1 Å². The fraction of sp³-hybridized carbons (Fsp3) is 0.214. The van der Waals surface area contributed by atoms with Crippen molar-refractivity contribution in [3.63, 3.8) is 0 Å². The summed E-state index contributed by atoms with van der Waals surface area (Å²) in [7, 11) is 0. The lowest BCUT2D eigenvalue weighted by Crippen LogP contribution is -1.85. The Hall–Kier alpha value is -1.63. The Bertz CT molecular complexity index is 348. The highest BCUT2D eigenvalue weighted by Crippen LogP contribution is 2.07. The number of benzene rings is 1. The van der Waals surface area contributed by atoms with Crippen LogP contribution in [0.3, 0.4) is 0 Å². The molecule has 0 radical (unpaired) electrons. The minimum Gasteiger partial charge on any atom is -0.303 e. The van der Waals surface area contributed by atoms with Gasteiger partial charge in [0, 0.05) is 6.42 Å². The van der Waals surface area contributed by atoms with Gasteiger partial charge in [-0.1, -0.05) is 56.0 Å². The molecular formula is C14H18O. The van der Waals surface area contributed by atoms with Crippen LogP contribution in [0.4, 0.5) is 0 Å². The molecule has 0 saturated heterocycles. The third-order valence-corrected chi connectivity index (χ3v) is 1.86. The van der Waals surface area contributed by atoms with E-state index in [1.165, 1.54) is 0 Å². The van der Waals surface area contributed by atoms with Crippen LogP contribution in [0, 0.1) is 0 Å². The number of hydrogen-bond acceptors (Lipinski definition) is 1. The van der Waals surface area contributed by atoms with E-state index in [0.717, 1.165) is 17.4 Å². The molecule has 0 fully saturated rings. The van der Waals surface area contributed by atoms with E-state index in [1.807, 2.05) is 55.5 Å². The van der Waals surface area contributed by atoms with Crippen LogP contribution in [0.2, 0.25) is 0 Å². The summed E-state index contributed by atoms with van der Waals surface area (Å²) >= 11 is 0. The highest BCUT2D eigenvalue weighted by Gasteiger charge is 1.91. The molecule has 0 saturated carbocycles. The van der Waals surface area contributed by atoms with Gasteiger partial charge in [-0.05, 0) is 18.1 Å².